The van der Waals surface area contributed by atoms with E-state index in [-0.39, 0.29) is 6.61 Å². The molecule has 1 aliphatic rings. The Morgan fingerprint density at radius 1 is 1.36 bits per heavy atom. The first-order valence-corrected chi connectivity index (χ1v) is 9.28. The van der Waals surface area contributed by atoms with Crippen LogP contribution in [0.5, 0.6) is 0 Å². The Balaban J connectivity index is 1.80. The Morgan fingerprint density at radius 2 is 2.04 bits per heavy atom. The summed E-state index contributed by atoms with van der Waals surface area (Å²) in [6.45, 7) is 10.5. The Kier molecular flexibility index (Phi) is 7.15. The number of aliphatic hydroxyl groups is 1. The number of anilines is 1. The summed E-state index contributed by atoms with van der Waals surface area (Å²) < 4.78 is 5.71. The summed E-state index contributed by atoms with van der Waals surface area (Å²) in [5, 5.41) is 11.0. The quantitative estimate of drug-likeness (QED) is 0.754. The van der Waals surface area contributed by atoms with E-state index in [4.69, 9.17) is 22.8 Å². The number of β-amino-alcohol motifs (C(OH)–C–C–N with tert-alkyl or cyclic N) is 1. The average molecular weight is 365 g/mol. The molecule has 0 radical (unpaired) electrons. The molecule has 25 heavy (non-hydrogen) atoms. The van der Waals surface area contributed by atoms with Gasteiger partial charge in [0.2, 0.25) is 0 Å². The van der Waals surface area contributed by atoms with Crippen molar-refractivity contribution in [1.82, 2.24) is 4.90 Å². The van der Waals surface area contributed by atoms with E-state index < -0.39 is 11.7 Å². The monoisotopic (exact) mass is 364 g/mol. The molecule has 0 spiro atoms. The van der Waals surface area contributed by atoms with Crippen LogP contribution in [0.2, 0.25) is 5.02 Å². The van der Waals surface area contributed by atoms with E-state index in [0.717, 1.165) is 37.6 Å². The molecule has 5 heteroatoms. The van der Waals surface area contributed by atoms with E-state index >= 15 is 0 Å². The number of aliphatic hydroxyl groups excluding tert-OH is 1. The van der Waals surface area contributed by atoms with Gasteiger partial charge in [0.1, 0.15) is 5.60 Å². The second-order valence-corrected chi connectivity index (χ2v) is 7.35. The van der Waals surface area contributed by atoms with Crippen LogP contribution in [0.3, 0.4) is 0 Å². The van der Waals surface area contributed by atoms with Gasteiger partial charge in [0.25, 0.3) is 0 Å². The highest BCUT2D eigenvalue weighted by molar-refractivity contribution is 6.30. The summed E-state index contributed by atoms with van der Waals surface area (Å²) in [5.74, 6) is 2.66. The number of halogens is 1. The minimum Gasteiger partial charge on any atom is -0.389 e. The number of aryl methyl sites for hydroxylation is 1. The second-order valence-electron chi connectivity index (χ2n) is 6.91. The predicted octanol–water partition coefficient (Wildman–Crippen LogP) is 2.95. The maximum absolute atomic E-state index is 10.3. The molecule has 0 unspecified atom stereocenters. The molecular weight excluding hydrogens is 336 g/mol. The minimum absolute atomic E-state index is 0.266. The van der Waals surface area contributed by atoms with Crippen molar-refractivity contribution in [3.8, 4) is 12.3 Å². The first-order valence-electron chi connectivity index (χ1n) is 8.90. The van der Waals surface area contributed by atoms with Gasteiger partial charge in [0, 0.05) is 43.4 Å². The fourth-order valence-corrected chi connectivity index (χ4v) is 3.14. The molecular formula is C20H29ClN2O2. The van der Waals surface area contributed by atoms with Crippen LogP contribution in [0.4, 0.5) is 5.69 Å². The number of hydrogen-bond acceptors (Lipinski definition) is 4. The van der Waals surface area contributed by atoms with Gasteiger partial charge in [-0.05, 0) is 38.0 Å². The zero-order valence-electron chi connectivity index (χ0n) is 15.5. The molecule has 1 fully saturated rings. The van der Waals surface area contributed by atoms with Crippen LogP contribution < -0.4 is 4.90 Å². The van der Waals surface area contributed by atoms with Crippen molar-refractivity contribution in [3.05, 3.63) is 28.8 Å². The van der Waals surface area contributed by atoms with Crippen LogP contribution in [0.1, 0.15) is 25.8 Å². The summed E-state index contributed by atoms with van der Waals surface area (Å²) >= 11 is 6.13. The van der Waals surface area contributed by atoms with Crippen LogP contribution >= 0.6 is 11.6 Å². The Bertz CT molecular complexity index is 608. The molecule has 1 heterocycles. The third-order valence-corrected chi connectivity index (χ3v) is 5.16. The van der Waals surface area contributed by atoms with Crippen molar-refractivity contribution in [1.29, 1.82) is 0 Å². The molecule has 0 amide bonds. The summed E-state index contributed by atoms with van der Waals surface area (Å²) in [7, 11) is 0. The van der Waals surface area contributed by atoms with Crippen LogP contribution in [0.25, 0.3) is 0 Å². The van der Waals surface area contributed by atoms with Gasteiger partial charge in [0.05, 0.1) is 12.7 Å². The van der Waals surface area contributed by atoms with Gasteiger partial charge < -0.3 is 14.7 Å². The topological polar surface area (TPSA) is 35.9 Å². The van der Waals surface area contributed by atoms with E-state index in [1.807, 2.05) is 26.0 Å². The van der Waals surface area contributed by atoms with Crippen molar-refractivity contribution in [3.63, 3.8) is 0 Å². The predicted molar refractivity (Wildman–Crippen MR) is 104 cm³/mol. The molecule has 0 aliphatic carbocycles. The summed E-state index contributed by atoms with van der Waals surface area (Å²) in [6, 6.07) is 6.01. The van der Waals surface area contributed by atoms with Crippen LogP contribution in [0.15, 0.2) is 18.2 Å². The van der Waals surface area contributed by atoms with E-state index in [0.29, 0.717) is 6.54 Å². The Hall–Kier alpha value is -1.25. The van der Waals surface area contributed by atoms with Crippen LogP contribution in [-0.2, 0) is 4.74 Å². The van der Waals surface area contributed by atoms with Gasteiger partial charge in [-0.25, -0.2) is 0 Å². The smallest absolute Gasteiger partial charge is 0.125 e. The van der Waals surface area contributed by atoms with Gasteiger partial charge >= 0.3 is 0 Å². The molecule has 1 saturated heterocycles. The third-order valence-electron chi connectivity index (χ3n) is 4.93. The van der Waals surface area contributed by atoms with E-state index in [9.17, 15) is 5.11 Å². The molecule has 138 valence electrons. The molecule has 4 nitrogen and oxygen atoms in total. The number of nitrogens with zero attached hydrogens (tertiary/aromatic N) is 2. The first-order chi connectivity index (χ1) is 11.9. The van der Waals surface area contributed by atoms with Crippen molar-refractivity contribution in [2.24, 2.45) is 0 Å². The normalized spacial score (nSPS) is 19.3. The lowest BCUT2D eigenvalue weighted by Crippen LogP contribution is -2.49. The molecule has 0 bridgehead atoms. The fourth-order valence-electron chi connectivity index (χ4n) is 2.97. The molecule has 0 saturated carbocycles. The lowest BCUT2D eigenvalue weighted by molar-refractivity contribution is -0.0473. The Morgan fingerprint density at radius 3 is 2.64 bits per heavy atom. The van der Waals surface area contributed by atoms with Crippen molar-refractivity contribution < 1.29 is 9.84 Å². The highest BCUT2D eigenvalue weighted by Gasteiger charge is 2.24. The summed E-state index contributed by atoms with van der Waals surface area (Å²) in [5.41, 5.74) is 1.84. The largest absolute Gasteiger partial charge is 0.389 e. The van der Waals surface area contributed by atoms with Crippen LogP contribution in [0, 0.1) is 19.3 Å². The molecule has 1 aromatic carbocycles. The fraction of sp³-hybridized carbons (Fsp3) is 0.600. The number of piperazine rings is 1. The maximum Gasteiger partial charge on any atom is 0.125 e. The van der Waals surface area contributed by atoms with Gasteiger partial charge in [-0.1, -0.05) is 30.5 Å². The highest BCUT2D eigenvalue weighted by atomic mass is 35.5. The van der Waals surface area contributed by atoms with E-state index in [1.165, 1.54) is 11.3 Å². The van der Waals surface area contributed by atoms with E-state index in [1.54, 1.807) is 0 Å². The van der Waals surface area contributed by atoms with Gasteiger partial charge in [0.15, 0.2) is 0 Å². The third kappa shape index (κ3) is 5.62. The minimum atomic E-state index is -0.593. The average Bonchev–Trinajstić information content (AvgIpc) is 2.62. The highest BCUT2D eigenvalue weighted by Crippen LogP contribution is 2.25. The molecule has 1 aliphatic heterocycles. The number of hydrogen-bond donors (Lipinski definition) is 1. The molecule has 1 aromatic rings. The molecule has 1 N–H and O–H groups in total. The van der Waals surface area contributed by atoms with Crippen LogP contribution in [-0.4, -0.2) is 61.0 Å². The molecule has 2 atom stereocenters. The van der Waals surface area contributed by atoms with Gasteiger partial charge in [-0.15, -0.1) is 6.42 Å². The van der Waals surface area contributed by atoms with Gasteiger partial charge in [-0.2, -0.15) is 0 Å². The number of benzene rings is 1. The van der Waals surface area contributed by atoms with Crippen molar-refractivity contribution >= 4 is 17.3 Å². The summed E-state index contributed by atoms with van der Waals surface area (Å²) in [4.78, 5) is 4.62. The lowest BCUT2D eigenvalue weighted by Gasteiger charge is -2.37. The van der Waals surface area contributed by atoms with Gasteiger partial charge in [-0.3, -0.25) is 4.90 Å². The number of terminal acetylenes is 1. The summed E-state index contributed by atoms with van der Waals surface area (Å²) in [6.07, 6.45) is 5.70. The lowest BCUT2D eigenvalue weighted by atomic mass is 10.1. The number of rotatable bonds is 7. The molecule has 2 rings (SSSR count). The zero-order valence-corrected chi connectivity index (χ0v) is 16.2. The molecule has 0 aromatic heterocycles. The zero-order chi connectivity index (χ0) is 18.4. The maximum atomic E-state index is 10.3. The Labute approximate surface area is 156 Å². The number of ether oxygens (including phenoxy) is 1. The van der Waals surface area contributed by atoms with Crippen molar-refractivity contribution in [2.45, 2.75) is 38.9 Å². The second kappa shape index (κ2) is 8.91. The first kappa shape index (κ1) is 20.1. The standard InChI is InChI=1S/C20H29ClN2O2/c1-5-20(4,6-2)25-15-18(24)14-22-9-11-23(12-10-22)19-13-17(21)8-7-16(19)3/h1,7-8,13,18,24H,6,9-12,14-15H2,2-4H3/t18-,20+/m1/s1. The SMILES string of the molecule is C#C[C@@](C)(CC)OC[C@H](O)CN1CCN(c2cc(Cl)ccc2C)CC1. The van der Waals surface area contributed by atoms with Crippen molar-refractivity contribution in [2.75, 3.05) is 44.2 Å². The van der Waals surface area contributed by atoms with E-state index in [2.05, 4.69) is 28.7 Å².